The Balaban J connectivity index is 0.550. The van der Waals surface area contributed by atoms with Gasteiger partial charge in [0.15, 0.2) is 46.5 Å². The number of fused-ring (bicyclic) bond motifs is 6. The molecule has 8 aromatic heterocycles. The largest absolute Gasteiger partial charge is 0.490 e. The van der Waals surface area contributed by atoms with Gasteiger partial charge < -0.3 is 38.7 Å². The molecule has 5 saturated carbocycles. The van der Waals surface area contributed by atoms with Crippen LogP contribution in [0.2, 0.25) is 10.0 Å². The summed E-state index contributed by atoms with van der Waals surface area (Å²) in [6, 6.07) is 40.0. The molecular weight excluding hydrogens is 1690 g/mol. The zero-order chi connectivity index (χ0) is 87.3. The highest BCUT2D eigenvalue weighted by atomic mass is 35.5. The molecule has 12 aromatic rings. The Bertz CT molecular complexity index is 6350. The predicted octanol–water partition coefficient (Wildman–Crippen LogP) is 18.4. The summed E-state index contributed by atoms with van der Waals surface area (Å²) in [5, 5.41) is 66.4. The second kappa shape index (κ2) is 34.3. The van der Waals surface area contributed by atoms with Crippen molar-refractivity contribution < 1.29 is 27.9 Å². The lowest BCUT2D eigenvalue weighted by Gasteiger charge is -2.58. The SMILES string of the molecule is Cc1sc2c(c1C)C(c1ccc([C@H]3CC3CC3CC(C4CC5(CCN4c4ccc(C(=O)NC6CCC(Oc7ccc(C#N)c(Cl)c7)CC6)nn4)CC([C@@H]4C[C@H]4c4ccc(C6=N[C@@H](Cc7ncco7)c7nnc(C)n7-c7sc(C)c(C)c76)cc4)C5)CN(c4ccc(C(=O)NC5CCC(Oc6ccc(C#N)c(Cl)c6)CC5)nn4)C3)cc1)=N[C@@H](Cc1ncco1)c1nnc(C)n1-2. The third-order valence-corrected chi connectivity index (χ3v) is 32.0. The summed E-state index contributed by atoms with van der Waals surface area (Å²) in [4.78, 5) is 56.1. The number of aromatic nitrogens is 12. The predicted molar refractivity (Wildman–Crippen MR) is 487 cm³/mol. The number of ether oxygens (including phenoxy) is 2. The zero-order valence-electron chi connectivity index (χ0n) is 72.2. The van der Waals surface area contributed by atoms with Crippen LogP contribution in [0.25, 0.3) is 10.0 Å². The van der Waals surface area contributed by atoms with Crippen molar-refractivity contribution >= 4 is 80.7 Å². The fourth-order valence-electron chi connectivity index (χ4n) is 21.9. The first-order valence-corrected chi connectivity index (χ1v) is 47.4. The minimum Gasteiger partial charge on any atom is -0.490 e. The fraction of sp³-hybridized carbons (Fsp3) is 0.429. The van der Waals surface area contributed by atoms with E-state index in [1.807, 2.05) is 38.1 Å². The van der Waals surface area contributed by atoms with Crippen LogP contribution in [0, 0.1) is 99.2 Å². The number of hydrogen-bond acceptors (Lipinski definition) is 24. The van der Waals surface area contributed by atoms with Crippen LogP contribution in [0.1, 0.15) is 248 Å². The number of thiophene rings is 2. The summed E-state index contributed by atoms with van der Waals surface area (Å²) < 4.78 is 28.6. The van der Waals surface area contributed by atoms with Crippen LogP contribution in [-0.2, 0) is 12.8 Å². The molecule has 4 unspecified atom stereocenters. The first kappa shape index (κ1) is 83.1. The molecule has 1 spiro atoms. The standard InChI is InChI=1S/C98H98Cl2N20O6S2/c1-52-54(3)127-96-88(52)90(107-81(43-86-103-32-35-123-86)92-115-109-56(5)119(92)96)61-11-7-59(8-12-61)74-39-65(74)37-58-38-66(51-117(50-58)84-29-27-79(111-113-84)94(121)105-68-17-23-70(24-18-68)125-72-21-15-63(48-101)77(99)40-72)83-47-98(31-34-118(83)85-30-28-80(112-114-85)95(122)106-69-19-25-71(26-20-69)126-73-22-16-64(49-102)78(100)41-73)45-67(46-98)76-42-75(76)60-9-13-62(14-10-60)91-89-53(2)55(4)128-97(89)120-57(6)110-116-93(120)82(108-91)44-87-104-33-36-124-87/h7-16,21-22,27-30,32-33,35-36,40-41,58,65-71,74-76,81-83H,17-20,23-26,31,34,37-39,42-47,50-51H2,1-6H3,(H,105,121)(H,106,122)/t58?,65?,66?,67?,68?,69?,70?,71?,74-,75+,76+,81+,82+,83?,98?/m1/s1. The molecule has 9 aliphatic rings. The van der Waals surface area contributed by atoms with E-state index in [-0.39, 0.29) is 82.9 Å². The Kier molecular flexibility index (Phi) is 22.3. The van der Waals surface area contributed by atoms with Gasteiger partial charge in [-0.1, -0.05) is 71.7 Å². The number of nitrogens with one attached hydrogen (secondary N) is 2. The molecule has 4 aromatic carbocycles. The van der Waals surface area contributed by atoms with Gasteiger partial charge in [0, 0.05) is 81.9 Å². The molecule has 2 saturated heterocycles. The lowest BCUT2D eigenvalue weighted by molar-refractivity contribution is -0.00763. The zero-order valence-corrected chi connectivity index (χ0v) is 75.4. The lowest BCUT2D eigenvalue weighted by atomic mass is 9.54. The highest BCUT2D eigenvalue weighted by molar-refractivity contribution is 7.15. The van der Waals surface area contributed by atoms with Gasteiger partial charge in [-0.25, -0.2) is 9.97 Å². The lowest BCUT2D eigenvalue weighted by Crippen LogP contribution is -2.58. The first-order chi connectivity index (χ1) is 62.3. The second-order valence-corrected chi connectivity index (χ2v) is 40.2. The number of rotatable bonds is 22. The fourth-order valence-corrected chi connectivity index (χ4v) is 24.8. The van der Waals surface area contributed by atoms with Crippen molar-refractivity contribution in [3.63, 3.8) is 0 Å². The van der Waals surface area contributed by atoms with E-state index >= 15 is 0 Å². The van der Waals surface area contributed by atoms with Crippen molar-refractivity contribution in [2.45, 2.75) is 211 Å². The van der Waals surface area contributed by atoms with Crippen molar-refractivity contribution in [2.75, 3.05) is 29.4 Å². The molecule has 2 amide bonds. The average Bonchev–Trinajstić information content (AvgIpc) is 1.51. The number of piperidine rings is 2. The summed E-state index contributed by atoms with van der Waals surface area (Å²) in [5.74, 6) is 9.58. The number of nitrogens with zero attached hydrogens (tertiary/aromatic N) is 18. The highest BCUT2D eigenvalue weighted by Crippen LogP contribution is 2.66. The molecule has 7 fully saturated rings. The minimum atomic E-state index is -0.377. The Morgan fingerprint density at radius 1 is 0.555 bits per heavy atom. The summed E-state index contributed by atoms with van der Waals surface area (Å²) >= 11 is 16.2. The number of carbonyl (C=O) groups excluding carboxylic acids is 2. The van der Waals surface area contributed by atoms with Crippen LogP contribution in [0.4, 0.5) is 11.6 Å². The molecule has 21 rings (SSSR count). The highest BCUT2D eigenvalue weighted by Gasteiger charge is 2.58. The number of aryl methyl sites for hydroxylation is 4. The Morgan fingerprint density at radius 3 is 1.54 bits per heavy atom. The van der Waals surface area contributed by atoms with Gasteiger partial charge in [-0.05, 0) is 262 Å². The van der Waals surface area contributed by atoms with Gasteiger partial charge in [-0.3, -0.25) is 28.7 Å². The monoisotopic (exact) mass is 1780 g/mol. The van der Waals surface area contributed by atoms with Crippen LogP contribution in [0.5, 0.6) is 11.5 Å². The van der Waals surface area contributed by atoms with Crippen molar-refractivity contribution in [3.05, 3.63) is 256 Å². The van der Waals surface area contributed by atoms with Crippen LogP contribution < -0.4 is 29.9 Å². The molecule has 30 heteroatoms. The molecule has 5 aliphatic carbocycles. The smallest absolute Gasteiger partial charge is 0.272 e. The van der Waals surface area contributed by atoms with E-state index in [0.717, 1.165) is 195 Å². The summed E-state index contributed by atoms with van der Waals surface area (Å²) in [7, 11) is 0. The Morgan fingerprint density at radius 2 is 1.06 bits per heavy atom. The Labute approximate surface area is 760 Å². The summed E-state index contributed by atoms with van der Waals surface area (Å²) in [6.07, 6.45) is 21.9. The van der Waals surface area contributed by atoms with Gasteiger partial charge in [0.1, 0.15) is 69.9 Å². The third kappa shape index (κ3) is 16.3. The molecule has 652 valence electrons. The number of aliphatic imine (C=N–C) groups is 2. The van der Waals surface area contributed by atoms with Crippen LogP contribution in [0.3, 0.4) is 0 Å². The summed E-state index contributed by atoms with van der Waals surface area (Å²) in [6.45, 7) is 15.1. The van der Waals surface area contributed by atoms with E-state index in [9.17, 15) is 20.1 Å². The number of anilines is 2. The van der Waals surface area contributed by atoms with E-state index < -0.39 is 0 Å². The maximum atomic E-state index is 14.3. The van der Waals surface area contributed by atoms with Crippen molar-refractivity contribution in [1.29, 1.82) is 10.5 Å². The molecule has 0 radical (unpaired) electrons. The molecule has 9 atom stereocenters. The number of nitriles is 2. The van der Waals surface area contributed by atoms with Gasteiger partial charge in [-0.2, -0.15) is 10.5 Å². The average molecular weight is 1790 g/mol. The third-order valence-electron chi connectivity index (χ3n) is 29.0. The van der Waals surface area contributed by atoms with E-state index in [1.54, 1.807) is 84.0 Å². The van der Waals surface area contributed by atoms with Gasteiger partial charge in [0.2, 0.25) is 0 Å². The van der Waals surface area contributed by atoms with E-state index in [4.69, 9.17) is 82.1 Å². The maximum Gasteiger partial charge on any atom is 0.272 e. The molecule has 0 bridgehead atoms. The van der Waals surface area contributed by atoms with Crippen molar-refractivity contribution in [3.8, 4) is 33.6 Å². The number of amides is 2. The number of benzene rings is 4. The first-order valence-electron chi connectivity index (χ1n) is 45.0. The van der Waals surface area contributed by atoms with E-state index in [0.29, 0.717) is 86.9 Å². The van der Waals surface area contributed by atoms with Crippen LogP contribution in [0.15, 0.2) is 153 Å². The normalized spacial score (nSPS) is 25.6. The topological polar surface area (TPSA) is 320 Å². The summed E-state index contributed by atoms with van der Waals surface area (Å²) in [5.41, 5.74) is 12.8. The number of carbonyl (C=O) groups is 2. The van der Waals surface area contributed by atoms with E-state index in [2.05, 4.69) is 138 Å². The number of hydrogen-bond donors (Lipinski definition) is 2. The molecule has 26 nitrogen and oxygen atoms in total. The van der Waals surface area contributed by atoms with Gasteiger partial charge in [0.05, 0.1) is 70.0 Å². The minimum absolute atomic E-state index is 0.0480. The molecule has 128 heavy (non-hydrogen) atoms. The maximum absolute atomic E-state index is 14.3. The molecule has 4 aliphatic heterocycles. The van der Waals surface area contributed by atoms with Crippen molar-refractivity contribution in [1.82, 2.24) is 70.5 Å². The van der Waals surface area contributed by atoms with Gasteiger partial charge in [0.25, 0.3) is 11.8 Å². The second-order valence-electron chi connectivity index (χ2n) is 37.0. The molecular formula is C98H98Cl2N20O6S2. The quantitative estimate of drug-likeness (QED) is 0.0636. The number of oxazole rings is 2. The van der Waals surface area contributed by atoms with Gasteiger partial charge >= 0.3 is 0 Å². The number of halogens is 2. The van der Waals surface area contributed by atoms with Crippen molar-refractivity contribution in [2.24, 2.45) is 45.0 Å². The van der Waals surface area contributed by atoms with Crippen LogP contribution >= 0.6 is 45.9 Å². The Hall–Kier alpha value is -11.8. The van der Waals surface area contributed by atoms with Crippen LogP contribution in [-0.4, -0.2) is 133 Å². The van der Waals surface area contributed by atoms with E-state index in [1.165, 1.54) is 38.4 Å². The molecule has 12 heterocycles. The molecule has 2 N–H and O–H groups in total. The van der Waals surface area contributed by atoms with Gasteiger partial charge in [-0.15, -0.1) is 63.5 Å².